The van der Waals surface area contributed by atoms with E-state index in [-0.39, 0.29) is 0 Å². The van der Waals surface area contributed by atoms with Crippen LogP contribution in [0.3, 0.4) is 0 Å². The van der Waals surface area contributed by atoms with Gasteiger partial charge in [-0.2, -0.15) is 0 Å². The lowest BCUT2D eigenvalue weighted by atomic mass is 9.99. The Hall–Kier alpha value is -0.0900. The minimum Gasteiger partial charge on any atom is -0.302 e. The Bertz CT molecular complexity index is 240. The van der Waals surface area contributed by atoms with Crippen molar-refractivity contribution in [3.05, 3.63) is 0 Å². The molecule has 13 heavy (non-hydrogen) atoms. The van der Waals surface area contributed by atoms with Gasteiger partial charge < -0.3 is 4.90 Å². The molecule has 0 aromatic heterocycles. The van der Waals surface area contributed by atoms with Crippen LogP contribution >= 0.6 is 0 Å². The zero-order chi connectivity index (χ0) is 9.90. The molecular formula is C9H19NO2S. The molecule has 0 bridgehead atoms. The molecule has 1 aliphatic rings. The van der Waals surface area contributed by atoms with Crippen molar-refractivity contribution in [2.45, 2.75) is 19.8 Å². The average molecular weight is 205 g/mol. The smallest absolute Gasteiger partial charge is 0.148 e. The molecule has 0 atom stereocenters. The Kier molecular flexibility index (Phi) is 3.74. The summed E-state index contributed by atoms with van der Waals surface area (Å²) in [6.45, 7) is 5.10. The highest BCUT2D eigenvalue weighted by Crippen LogP contribution is 2.15. The Labute approximate surface area is 81.0 Å². The van der Waals surface area contributed by atoms with Gasteiger partial charge in [-0.05, 0) is 31.8 Å². The quantitative estimate of drug-likeness (QED) is 0.683. The first-order chi connectivity index (χ1) is 5.97. The second kappa shape index (κ2) is 4.42. The lowest BCUT2D eigenvalue weighted by Crippen LogP contribution is -2.36. The van der Waals surface area contributed by atoms with Gasteiger partial charge in [0.25, 0.3) is 0 Å². The van der Waals surface area contributed by atoms with Gasteiger partial charge in [-0.1, -0.05) is 6.92 Å². The van der Waals surface area contributed by atoms with Crippen LogP contribution in [-0.2, 0) is 9.84 Å². The Morgan fingerprint density at radius 2 is 1.85 bits per heavy atom. The van der Waals surface area contributed by atoms with Gasteiger partial charge in [0.05, 0.1) is 5.75 Å². The second-order valence-corrected chi connectivity index (χ2v) is 6.41. The number of likely N-dealkylation sites (tertiary alicyclic amines) is 1. The van der Waals surface area contributed by atoms with Crippen LogP contribution in [0.25, 0.3) is 0 Å². The van der Waals surface area contributed by atoms with Crippen LogP contribution in [0.5, 0.6) is 0 Å². The Morgan fingerprint density at radius 1 is 1.31 bits per heavy atom. The molecule has 1 aliphatic heterocycles. The molecule has 0 spiro atoms. The highest BCUT2D eigenvalue weighted by Gasteiger charge is 2.16. The molecule has 0 amide bonds. The van der Waals surface area contributed by atoms with E-state index < -0.39 is 9.84 Å². The first-order valence-electron chi connectivity index (χ1n) is 4.87. The van der Waals surface area contributed by atoms with Crippen LogP contribution < -0.4 is 0 Å². The van der Waals surface area contributed by atoms with Crippen LogP contribution in [-0.4, -0.2) is 45.0 Å². The maximum Gasteiger partial charge on any atom is 0.148 e. The summed E-state index contributed by atoms with van der Waals surface area (Å²) in [5.41, 5.74) is 0. The van der Waals surface area contributed by atoms with Gasteiger partial charge >= 0.3 is 0 Å². The molecule has 0 unspecified atom stereocenters. The molecule has 0 saturated carbocycles. The topological polar surface area (TPSA) is 37.4 Å². The number of nitrogens with zero attached hydrogens (tertiary/aromatic N) is 1. The summed E-state index contributed by atoms with van der Waals surface area (Å²) >= 11 is 0. The monoisotopic (exact) mass is 205 g/mol. The van der Waals surface area contributed by atoms with Gasteiger partial charge in [0.15, 0.2) is 0 Å². The Balaban J connectivity index is 2.24. The predicted octanol–water partition coefficient (Wildman–Crippen LogP) is 0.763. The van der Waals surface area contributed by atoms with Gasteiger partial charge in [-0.15, -0.1) is 0 Å². The van der Waals surface area contributed by atoms with E-state index in [2.05, 4.69) is 11.8 Å². The molecule has 0 N–H and O–H groups in total. The molecule has 4 heteroatoms. The number of hydrogen-bond donors (Lipinski definition) is 0. The molecule has 3 nitrogen and oxygen atoms in total. The molecule has 78 valence electrons. The van der Waals surface area contributed by atoms with E-state index in [0.29, 0.717) is 12.3 Å². The van der Waals surface area contributed by atoms with Gasteiger partial charge in [0, 0.05) is 12.8 Å². The molecular weight excluding hydrogens is 186 g/mol. The van der Waals surface area contributed by atoms with Crippen LogP contribution in [0.4, 0.5) is 0 Å². The largest absolute Gasteiger partial charge is 0.302 e. The third kappa shape index (κ3) is 4.62. The van der Waals surface area contributed by atoms with E-state index in [1.54, 1.807) is 0 Å². The van der Waals surface area contributed by atoms with E-state index in [1.165, 1.54) is 19.1 Å². The standard InChI is InChI=1S/C9H19NO2S/c1-9-3-5-10(6-4-9)7-8-13(2,11)12/h9H,3-8H2,1-2H3. The minimum absolute atomic E-state index is 0.307. The number of piperidine rings is 1. The van der Waals surface area contributed by atoms with Crippen molar-refractivity contribution in [2.75, 3.05) is 31.6 Å². The van der Waals surface area contributed by atoms with E-state index >= 15 is 0 Å². The summed E-state index contributed by atoms with van der Waals surface area (Å²) < 4.78 is 21.8. The fourth-order valence-electron chi connectivity index (χ4n) is 1.58. The molecule has 1 rings (SSSR count). The van der Waals surface area contributed by atoms with E-state index in [9.17, 15) is 8.42 Å². The highest BCUT2D eigenvalue weighted by molar-refractivity contribution is 7.90. The van der Waals surface area contributed by atoms with Crippen LogP contribution in [0.2, 0.25) is 0 Å². The third-order valence-electron chi connectivity index (χ3n) is 2.65. The van der Waals surface area contributed by atoms with Gasteiger partial charge in [-0.3, -0.25) is 0 Å². The SMILES string of the molecule is CC1CCN(CCS(C)(=O)=O)CC1. The number of sulfone groups is 1. The van der Waals surface area contributed by atoms with Crippen molar-refractivity contribution in [3.8, 4) is 0 Å². The lowest BCUT2D eigenvalue weighted by Gasteiger charge is -2.29. The van der Waals surface area contributed by atoms with Crippen LogP contribution in [0.1, 0.15) is 19.8 Å². The fraction of sp³-hybridized carbons (Fsp3) is 1.00. The first kappa shape index (κ1) is 11.0. The minimum atomic E-state index is -2.78. The molecule has 0 radical (unpaired) electrons. The summed E-state index contributed by atoms with van der Waals surface area (Å²) in [5, 5.41) is 0. The summed E-state index contributed by atoms with van der Waals surface area (Å²) in [7, 11) is -2.78. The van der Waals surface area contributed by atoms with E-state index in [0.717, 1.165) is 19.0 Å². The number of hydrogen-bond acceptors (Lipinski definition) is 3. The summed E-state index contributed by atoms with van der Waals surface area (Å²) in [6, 6.07) is 0. The van der Waals surface area contributed by atoms with Crippen molar-refractivity contribution >= 4 is 9.84 Å². The highest BCUT2D eigenvalue weighted by atomic mass is 32.2. The summed E-state index contributed by atoms with van der Waals surface area (Å²) in [5.74, 6) is 1.12. The fourth-order valence-corrected chi connectivity index (χ4v) is 2.17. The van der Waals surface area contributed by atoms with Crippen molar-refractivity contribution in [3.63, 3.8) is 0 Å². The van der Waals surface area contributed by atoms with Crippen LogP contribution in [0.15, 0.2) is 0 Å². The zero-order valence-electron chi connectivity index (χ0n) is 8.49. The van der Waals surface area contributed by atoms with Gasteiger partial charge in [0.2, 0.25) is 0 Å². The van der Waals surface area contributed by atoms with Gasteiger partial charge in [-0.25, -0.2) is 8.42 Å². The predicted molar refractivity (Wildman–Crippen MR) is 54.5 cm³/mol. The number of rotatable bonds is 3. The average Bonchev–Trinajstić information content (AvgIpc) is 2.02. The van der Waals surface area contributed by atoms with Crippen molar-refractivity contribution < 1.29 is 8.42 Å². The summed E-state index contributed by atoms with van der Waals surface area (Å²) in [4.78, 5) is 2.25. The molecule has 1 fully saturated rings. The molecule has 0 aliphatic carbocycles. The maximum atomic E-state index is 10.9. The maximum absolute atomic E-state index is 10.9. The van der Waals surface area contributed by atoms with Gasteiger partial charge in [0.1, 0.15) is 9.84 Å². The van der Waals surface area contributed by atoms with Crippen molar-refractivity contribution in [1.82, 2.24) is 4.90 Å². The van der Waals surface area contributed by atoms with Crippen molar-refractivity contribution in [1.29, 1.82) is 0 Å². The van der Waals surface area contributed by atoms with E-state index in [1.807, 2.05) is 0 Å². The third-order valence-corrected chi connectivity index (χ3v) is 3.58. The van der Waals surface area contributed by atoms with Crippen molar-refractivity contribution in [2.24, 2.45) is 5.92 Å². The molecule has 1 heterocycles. The van der Waals surface area contributed by atoms with Crippen LogP contribution in [0, 0.1) is 5.92 Å². The molecule has 0 aromatic carbocycles. The lowest BCUT2D eigenvalue weighted by molar-refractivity contribution is 0.202. The summed E-state index contributed by atoms with van der Waals surface area (Å²) in [6.07, 6.45) is 3.73. The normalized spacial score (nSPS) is 22.0. The second-order valence-electron chi connectivity index (χ2n) is 4.15. The van der Waals surface area contributed by atoms with E-state index in [4.69, 9.17) is 0 Å². The first-order valence-corrected chi connectivity index (χ1v) is 6.93. The molecule has 0 aromatic rings. The Morgan fingerprint density at radius 3 is 2.31 bits per heavy atom. The zero-order valence-corrected chi connectivity index (χ0v) is 9.31. The molecule has 1 saturated heterocycles.